The molecule has 0 unspecified atom stereocenters. The van der Waals surface area contributed by atoms with E-state index in [1.807, 2.05) is 0 Å². The van der Waals surface area contributed by atoms with Gasteiger partial charge in [0.25, 0.3) is 0 Å². The summed E-state index contributed by atoms with van der Waals surface area (Å²) in [5.74, 6) is -8.64. The van der Waals surface area contributed by atoms with E-state index < -0.39 is 42.1 Å². The van der Waals surface area contributed by atoms with Crippen LogP contribution < -0.4 is 0 Å². The molecule has 0 amide bonds. The molecule has 0 saturated heterocycles. The van der Waals surface area contributed by atoms with Gasteiger partial charge >= 0.3 is 17.4 Å². The highest BCUT2D eigenvalue weighted by Gasteiger charge is 2.61. The van der Waals surface area contributed by atoms with E-state index in [0.717, 1.165) is 0 Å². The van der Waals surface area contributed by atoms with Gasteiger partial charge in [-0.1, -0.05) is 0 Å². The number of hydrogen-bond acceptors (Lipinski definition) is 3. The Morgan fingerprint density at radius 2 is 1.47 bits per heavy atom. The van der Waals surface area contributed by atoms with E-state index in [-0.39, 0.29) is 22.6 Å². The van der Waals surface area contributed by atoms with Crippen LogP contribution >= 0.6 is 30.2 Å². The van der Waals surface area contributed by atoms with Crippen LogP contribution in [0.5, 0.6) is 0 Å². The fraction of sp³-hybridized carbons (Fsp3) is 0.750. The average Bonchev–Trinajstić information content (AvgIpc) is 2.26. The van der Waals surface area contributed by atoms with Gasteiger partial charge in [0.1, 0.15) is 0 Å². The van der Waals surface area contributed by atoms with Crippen molar-refractivity contribution in [2.75, 3.05) is 13.2 Å². The van der Waals surface area contributed by atoms with E-state index in [4.69, 9.17) is 0 Å². The molecular formula is C8H10F6IO3P. The van der Waals surface area contributed by atoms with Gasteiger partial charge in [0.2, 0.25) is 11.4 Å². The Bertz CT molecular complexity index is 384. The van der Waals surface area contributed by atoms with Crippen LogP contribution in [0.3, 0.4) is 0 Å². The maximum absolute atomic E-state index is 13.4. The minimum atomic E-state index is -5.47. The number of hydrogen-bond donors (Lipinski definition) is 0. The van der Waals surface area contributed by atoms with Crippen molar-refractivity contribution in [3.8, 4) is 0 Å². The Balaban J connectivity index is 5.73. The van der Waals surface area contributed by atoms with Crippen LogP contribution in [0.1, 0.15) is 13.8 Å². The molecular weight excluding hydrogens is 416 g/mol. The van der Waals surface area contributed by atoms with Crippen molar-refractivity contribution in [3.05, 3.63) is 11.4 Å². The van der Waals surface area contributed by atoms with Crippen LogP contribution in [-0.4, -0.2) is 23.1 Å². The third kappa shape index (κ3) is 4.33. The quantitative estimate of drug-likeness (QED) is 0.248. The number of halogens is 7. The van der Waals surface area contributed by atoms with Crippen LogP contribution in [0.2, 0.25) is 0 Å². The van der Waals surface area contributed by atoms with E-state index in [0.29, 0.717) is 0 Å². The van der Waals surface area contributed by atoms with Crippen LogP contribution in [0, 0.1) is 0 Å². The zero-order valence-electron chi connectivity index (χ0n) is 9.73. The molecule has 0 aliphatic carbocycles. The summed E-state index contributed by atoms with van der Waals surface area (Å²) in [4.78, 5) is 0. The van der Waals surface area contributed by atoms with Gasteiger partial charge in [0.05, 0.1) is 13.2 Å². The predicted octanol–water partition coefficient (Wildman–Crippen LogP) is 5.02. The van der Waals surface area contributed by atoms with Crippen molar-refractivity contribution < 1.29 is 40.0 Å². The predicted molar refractivity (Wildman–Crippen MR) is 64.0 cm³/mol. The smallest absolute Gasteiger partial charge is 0.304 e. The molecule has 19 heavy (non-hydrogen) atoms. The van der Waals surface area contributed by atoms with Gasteiger partial charge in [0, 0.05) is 22.6 Å². The molecule has 0 radical (unpaired) electrons. The number of allylic oxidation sites excluding steroid dienone is 1. The first-order valence-corrected chi connectivity index (χ1v) is 7.46. The molecule has 0 heterocycles. The Morgan fingerprint density at radius 3 is 1.74 bits per heavy atom. The fourth-order valence-corrected chi connectivity index (χ4v) is 2.46. The lowest BCUT2D eigenvalue weighted by molar-refractivity contribution is -0.125. The van der Waals surface area contributed by atoms with Crippen molar-refractivity contribution >= 4 is 30.2 Å². The lowest BCUT2D eigenvalue weighted by Gasteiger charge is -2.22. The third-order valence-electron chi connectivity index (χ3n) is 1.65. The molecule has 11 heteroatoms. The van der Waals surface area contributed by atoms with Gasteiger partial charge in [-0.05, 0) is 13.8 Å². The molecule has 114 valence electrons. The molecule has 3 nitrogen and oxygen atoms in total. The normalized spacial score (nSPS) is 15.4. The largest absolute Gasteiger partial charge is 0.392 e. The van der Waals surface area contributed by atoms with E-state index in [1.54, 1.807) is 0 Å². The van der Waals surface area contributed by atoms with Gasteiger partial charge in [-0.25, -0.2) is 4.39 Å². The second-order valence-corrected chi connectivity index (χ2v) is 6.27. The van der Waals surface area contributed by atoms with Crippen LogP contribution in [0.25, 0.3) is 0 Å². The zero-order valence-corrected chi connectivity index (χ0v) is 12.8. The maximum Gasteiger partial charge on any atom is 0.392 e. The zero-order chi connectivity index (χ0) is 15.5. The van der Waals surface area contributed by atoms with Crippen molar-refractivity contribution in [3.63, 3.8) is 0 Å². The van der Waals surface area contributed by atoms with Crippen molar-refractivity contribution in [2.45, 2.75) is 23.7 Å². The van der Waals surface area contributed by atoms with Gasteiger partial charge in [-0.3, -0.25) is 4.57 Å². The summed E-state index contributed by atoms with van der Waals surface area (Å²) < 4.78 is 92.6. The van der Waals surface area contributed by atoms with Gasteiger partial charge in [-0.2, -0.15) is 22.0 Å². The lowest BCUT2D eigenvalue weighted by atomic mass is 10.3. The first-order valence-electron chi connectivity index (χ1n) is 4.84. The van der Waals surface area contributed by atoms with E-state index in [9.17, 15) is 30.9 Å². The third-order valence-corrected chi connectivity index (χ3v) is 4.20. The molecule has 0 atom stereocenters. The van der Waals surface area contributed by atoms with Crippen LogP contribution in [0.4, 0.5) is 26.3 Å². The monoisotopic (exact) mass is 426 g/mol. The maximum atomic E-state index is 13.4. The minimum absolute atomic E-state index is 0.0566. The molecule has 0 aromatic heterocycles. The minimum Gasteiger partial charge on any atom is -0.304 e. The van der Waals surface area contributed by atoms with Crippen LogP contribution in [0.15, 0.2) is 11.4 Å². The van der Waals surface area contributed by atoms with Gasteiger partial charge in [-0.15, -0.1) is 0 Å². The summed E-state index contributed by atoms with van der Waals surface area (Å²) in [6.07, 6.45) is 0. The molecule has 0 saturated carbocycles. The van der Waals surface area contributed by atoms with E-state index in [1.165, 1.54) is 13.8 Å². The first-order chi connectivity index (χ1) is 8.44. The molecule has 0 rings (SSSR count). The Kier molecular flexibility index (Phi) is 6.84. The van der Waals surface area contributed by atoms with E-state index in [2.05, 4.69) is 9.05 Å². The lowest BCUT2D eigenvalue weighted by Crippen LogP contribution is -2.36. The topological polar surface area (TPSA) is 35.5 Å². The molecule has 0 N–H and O–H groups in total. The Labute approximate surface area is 119 Å². The highest BCUT2D eigenvalue weighted by molar-refractivity contribution is 14.1. The molecule has 0 spiro atoms. The Hall–Kier alpha value is 0.200. The highest BCUT2D eigenvalue weighted by Crippen LogP contribution is 2.60. The Morgan fingerprint density at radius 1 is 1.11 bits per heavy atom. The summed E-state index contributed by atoms with van der Waals surface area (Å²) in [7, 11) is -5.01. The summed E-state index contributed by atoms with van der Waals surface area (Å²) in [6.45, 7) is 1.51. The molecule has 0 bridgehead atoms. The summed E-state index contributed by atoms with van der Waals surface area (Å²) in [5, 5.41) is 0. The van der Waals surface area contributed by atoms with Crippen molar-refractivity contribution in [1.29, 1.82) is 0 Å². The fourth-order valence-electron chi connectivity index (χ4n) is 0.865. The first kappa shape index (κ1) is 19.2. The van der Waals surface area contributed by atoms with Crippen LogP contribution in [-0.2, 0) is 13.6 Å². The molecule has 0 aliphatic heterocycles. The summed E-state index contributed by atoms with van der Waals surface area (Å²) >= 11 is -0.0566. The summed E-state index contributed by atoms with van der Waals surface area (Å²) in [6, 6.07) is 0. The van der Waals surface area contributed by atoms with Gasteiger partial charge < -0.3 is 9.05 Å². The second-order valence-electron chi connectivity index (χ2n) is 3.01. The van der Waals surface area contributed by atoms with Gasteiger partial charge in [0.15, 0.2) is 0 Å². The number of rotatable bonds is 7. The standard InChI is InChI=1S/C8H10F6IO3P/c1-3-17-19(16,18-4-2)6(10)5(9)7(11,12)8(13,14)15/h3-4H2,1-2H3. The van der Waals surface area contributed by atoms with Crippen molar-refractivity contribution in [1.82, 2.24) is 0 Å². The SMILES string of the molecule is CCOP(=O)(OCC)C(F)=C(F)C(F)(F)C(F)(F)I. The molecule has 0 aliphatic rings. The molecule has 0 fully saturated rings. The summed E-state index contributed by atoms with van der Waals surface area (Å²) in [5.41, 5.74) is -2.66. The second kappa shape index (κ2) is 6.77. The highest BCUT2D eigenvalue weighted by atomic mass is 127. The average molecular weight is 426 g/mol. The number of alkyl halides is 5. The van der Waals surface area contributed by atoms with Crippen molar-refractivity contribution in [2.24, 2.45) is 0 Å². The molecule has 0 aromatic carbocycles. The molecule has 0 aromatic rings. The van der Waals surface area contributed by atoms with E-state index >= 15 is 0 Å².